The number of fused-ring (bicyclic) bond motifs is 1. The molecule has 2 aromatic heterocycles. The first kappa shape index (κ1) is 11.9. The number of hydrogen-bond acceptors (Lipinski definition) is 3. The van der Waals surface area contributed by atoms with Gasteiger partial charge in [-0.2, -0.15) is 0 Å². The molecule has 0 amide bonds. The van der Waals surface area contributed by atoms with E-state index in [0.29, 0.717) is 6.54 Å². The van der Waals surface area contributed by atoms with Gasteiger partial charge >= 0.3 is 0 Å². The third kappa shape index (κ3) is 1.90. The van der Waals surface area contributed by atoms with E-state index in [1.807, 2.05) is 42.9 Å². The van der Waals surface area contributed by atoms with Gasteiger partial charge in [-0.3, -0.25) is 4.57 Å². The van der Waals surface area contributed by atoms with Crippen LogP contribution in [0, 0.1) is 13.8 Å². The molecule has 1 aromatic carbocycles. The van der Waals surface area contributed by atoms with E-state index in [2.05, 4.69) is 22.1 Å². The molecule has 0 saturated heterocycles. The summed E-state index contributed by atoms with van der Waals surface area (Å²) in [7, 11) is 0. The highest BCUT2D eigenvalue weighted by Gasteiger charge is 2.10. The fraction of sp³-hybridized carbons (Fsp3) is 0.200. The zero-order chi connectivity index (χ0) is 13.4. The molecule has 96 valence electrons. The van der Waals surface area contributed by atoms with Crippen LogP contribution < -0.4 is 5.73 Å². The van der Waals surface area contributed by atoms with Crippen LogP contribution in [-0.2, 0) is 6.54 Å². The maximum absolute atomic E-state index is 5.74. The van der Waals surface area contributed by atoms with Crippen molar-refractivity contribution in [1.29, 1.82) is 0 Å². The van der Waals surface area contributed by atoms with Crippen LogP contribution in [0.25, 0.3) is 16.6 Å². The Morgan fingerprint density at radius 2 is 2.00 bits per heavy atom. The number of nitrogens with zero attached hydrogens (tertiary/aromatic N) is 3. The minimum Gasteiger partial charge on any atom is -0.325 e. The lowest BCUT2D eigenvalue weighted by Crippen LogP contribution is -2.06. The summed E-state index contributed by atoms with van der Waals surface area (Å²) >= 11 is 0. The molecule has 3 rings (SSSR count). The van der Waals surface area contributed by atoms with Gasteiger partial charge in [-0.25, -0.2) is 9.97 Å². The second-order valence-corrected chi connectivity index (χ2v) is 4.65. The number of imidazole rings is 1. The molecule has 0 radical (unpaired) electrons. The number of benzene rings is 1. The van der Waals surface area contributed by atoms with Crippen molar-refractivity contribution in [1.82, 2.24) is 14.5 Å². The normalized spacial score (nSPS) is 11.1. The van der Waals surface area contributed by atoms with Crippen LogP contribution in [-0.4, -0.2) is 14.5 Å². The zero-order valence-corrected chi connectivity index (χ0v) is 11.1. The molecule has 0 spiro atoms. The minimum atomic E-state index is 0.435. The SMILES string of the molecule is Cc1ncn(-c2nc(CN)cc3ccccc23)c1C. The average molecular weight is 252 g/mol. The van der Waals surface area contributed by atoms with Gasteiger partial charge in [0.1, 0.15) is 12.1 Å². The smallest absolute Gasteiger partial charge is 0.146 e. The molecule has 4 heteroatoms. The summed E-state index contributed by atoms with van der Waals surface area (Å²) in [5.41, 5.74) is 8.75. The number of hydrogen-bond donors (Lipinski definition) is 1. The van der Waals surface area contributed by atoms with Crippen LogP contribution in [0.3, 0.4) is 0 Å². The van der Waals surface area contributed by atoms with Crippen molar-refractivity contribution in [2.45, 2.75) is 20.4 Å². The number of aromatic nitrogens is 3. The molecule has 0 saturated carbocycles. The first-order valence-corrected chi connectivity index (χ1v) is 6.30. The van der Waals surface area contributed by atoms with Crippen LogP contribution in [0.15, 0.2) is 36.7 Å². The topological polar surface area (TPSA) is 56.7 Å². The van der Waals surface area contributed by atoms with E-state index in [-0.39, 0.29) is 0 Å². The average Bonchev–Trinajstić information content (AvgIpc) is 2.78. The van der Waals surface area contributed by atoms with Crippen molar-refractivity contribution in [3.05, 3.63) is 53.7 Å². The lowest BCUT2D eigenvalue weighted by Gasteiger charge is -2.10. The molecule has 0 aliphatic heterocycles. The fourth-order valence-electron chi connectivity index (χ4n) is 2.23. The Bertz CT molecular complexity index is 743. The van der Waals surface area contributed by atoms with Crippen LogP contribution in [0.4, 0.5) is 0 Å². The van der Waals surface area contributed by atoms with Crippen LogP contribution in [0.1, 0.15) is 17.1 Å². The van der Waals surface area contributed by atoms with E-state index in [0.717, 1.165) is 33.7 Å². The first-order chi connectivity index (χ1) is 9.20. The second kappa shape index (κ2) is 4.48. The molecular formula is C15H16N4. The van der Waals surface area contributed by atoms with Gasteiger partial charge in [0.2, 0.25) is 0 Å². The summed E-state index contributed by atoms with van der Waals surface area (Å²) in [5, 5.41) is 2.26. The Hall–Kier alpha value is -2.20. The van der Waals surface area contributed by atoms with Crippen molar-refractivity contribution in [2.75, 3.05) is 0 Å². The highest BCUT2D eigenvalue weighted by molar-refractivity contribution is 5.89. The molecule has 2 N–H and O–H groups in total. The van der Waals surface area contributed by atoms with E-state index >= 15 is 0 Å². The summed E-state index contributed by atoms with van der Waals surface area (Å²) < 4.78 is 2.02. The maximum atomic E-state index is 5.74. The summed E-state index contributed by atoms with van der Waals surface area (Å²) in [4.78, 5) is 9.01. The molecule has 3 aromatic rings. The van der Waals surface area contributed by atoms with Gasteiger partial charge in [0.25, 0.3) is 0 Å². The molecule has 0 atom stereocenters. The van der Waals surface area contributed by atoms with E-state index in [4.69, 9.17) is 5.73 Å². The van der Waals surface area contributed by atoms with Crippen molar-refractivity contribution < 1.29 is 0 Å². The third-order valence-corrected chi connectivity index (χ3v) is 3.46. The largest absolute Gasteiger partial charge is 0.325 e. The predicted octanol–water partition coefficient (Wildman–Crippen LogP) is 2.50. The monoisotopic (exact) mass is 252 g/mol. The van der Waals surface area contributed by atoms with Crippen LogP contribution in [0.2, 0.25) is 0 Å². The van der Waals surface area contributed by atoms with E-state index in [1.165, 1.54) is 0 Å². The van der Waals surface area contributed by atoms with E-state index in [9.17, 15) is 0 Å². The second-order valence-electron chi connectivity index (χ2n) is 4.65. The van der Waals surface area contributed by atoms with Crippen molar-refractivity contribution in [3.63, 3.8) is 0 Å². The predicted molar refractivity (Wildman–Crippen MR) is 76.2 cm³/mol. The Morgan fingerprint density at radius 1 is 1.21 bits per heavy atom. The highest BCUT2D eigenvalue weighted by atomic mass is 15.1. The summed E-state index contributed by atoms with van der Waals surface area (Å²) in [5.74, 6) is 0.900. The van der Waals surface area contributed by atoms with Gasteiger partial charge in [-0.15, -0.1) is 0 Å². The van der Waals surface area contributed by atoms with Gasteiger partial charge in [0.15, 0.2) is 0 Å². The summed E-state index contributed by atoms with van der Waals surface area (Å²) in [6.45, 7) is 4.49. The molecule has 2 heterocycles. The Morgan fingerprint density at radius 3 is 2.68 bits per heavy atom. The molecule has 0 bridgehead atoms. The van der Waals surface area contributed by atoms with E-state index in [1.54, 1.807) is 0 Å². The molecule has 0 unspecified atom stereocenters. The van der Waals surface area contributed by atoms with Gasteiger partial charge in [-0.1, -0.05) is 24.3 Å². The van der Waals surface area contributed by atoms with Crippen LogP contribution in [0.5, 0.6) is 0 Å². The first-order valence-electron chi connectivity index (χ1n) is 6.30. The Labute approximate surface area is 111 Å². The van der Waals surface area contributed by atoms with Crippen LogP contribution >= 0.6 is 0 Å². The van der Waals surface area contributed by atoms with E-state index < -0.39 is 0 Å². The third-order valence-electron chi connectivity index (χ3n) is 3.46. The van der Waals surface area contributed by atoms with Gasteiger partial charge in [-0.05, 0) is 25.3 Å². The number of aryl methyl sites for hydroxylation is 1. The fourth-order valence-corrected chi connectivity index (χ4v) is 2.23. The number of pyridine rings is 1. The Balaban J connectivity index is 2.36. The summed E-state index contributed by atoms with van der Waals surface area (Å²) in [6.07, 6.45) is 1.82. The van der Waals surface area contributed by atoms with Gasteiger partial charge in [0.05, 0.1) is 11.4 Å². The zero-order valence-electron chi connectivity index (χ0n) is 11.1. The van der Waals surface area contributed by atoms with Crippen molar-refractivity contribution in [3.8, 4) is 5.82 Å². The quantitative estimate of drug-likeness (QED) is 0.762. The van der Waals surface area contributed by atoms with Crippen molar-refractivity contribution in [2.24, 2.45) is 5.73 Å². The molecule has 0 aliphatic rings. The molecule has 0 aliphatic carbocycles. The molecule has 19 heavy (non-hydrogen) atoms. The van der Waals surface area contributed by atoms with Gasteiger partial charge < -0.3 is 5.73 Å². The molecule has 4 nitrogen and oxygen atoms in total. The maximum Gasteiger partial charge on any atom is 0.146 e. The summed E-state index contributed by atoms with van der Waals surface area (Å²) in [6, 6.07) is 10.2. The molecular weight excluding hydrogens is 236 g/mol. The van der Waals surface area contributed by atoms with Gasteiger partial charge in [0, 0.05) is 17.6 Å². The standard InChI is InChI=1S/C15H16N4/c1-10-11(2)19(9-17-10)15-14-6-4-3-5-12(14)7-13(8-16)18-15/h3-7,9H,8,16H2,1-2H3. The van der Waals surface area contributed by atoms with Crippen molar-refractivity contribution >= 4 is 10.8 Å². The Kier molecular flexibility index (Phi) is 2.80. The highest BCUT2D eigenvalue weighted by Crippen LogP contribution is 2.23. The lowest BCUT2D eigenvalue weighted by molar-refractivity contribution is 0.917. The lowest BCUT2D eigenvalue weighted by atomic mass is 10.1. The number of nitrogens with two attached hydrogens (primary N) is 1. The number of rotatable bonds is 2. The minimum absolute atomic E-state index is 0.435. The molecule has 0 fully saturated rings.